The van der Waals surface area contributed by atoms with Crippen LogP contribution >= 0.6 is 23.2 Å². The number of nitrogens with one attached hydrogen (secondary N) is 1. The van der Waals surface area contributed by atoms with Crippen molar-refractivity contribution in [1.29, 1.82) is 0 Å². The molecule has 0 aliphatic carbocycles. The summed E-state index contributed by atoms with van der Waals surface area (Å²) < 4.78 is 39.1. The fourth-order valence-electron chi connectivity index (χ4n) is 1.30. The van der Waals surface area contributed by atoms with E-state index in [-0.39, 0.29) is 20.8 Å². The average molecular weight is 321 g/mol. The van der Waals surface area contributed by atoms with Gasteiger partial charge in [-0.3, -0.25) is 4.72 Å². The lowest BCUT2D eigenvalue weighted by molar-refractivity contribution is 0.600. The van der Waals surface area contributed by atoms with E-state index in [1.54, 1.807) is 0 Å². The number of hydrogen-bond acceptors (Lipinski definition) is 3. The number of pyridine rings is 1. The van der Waals surface area contributed by atoms with E-state index in [0.717, 1.165) is 18.3 Å². The second kappa shape index (κ2) is 5.32. The smallest absolute Gasteiger partial charge is 0.263 e. The van der Waals surface area contributed by atoms with E-state index in [1.807, 2.05) is 0 Å². The minimum Gasteiger partial charge on any atom is -0.278 e. The van der Waals surface area contributed by atoms with Gasteiger partial charge in [0.15, 0.2) is 0 Å². The van der Waals surface area contributed by atoms with Gasteiger partial charge in [0.25, 0.3) is 10.0 Å². The fraction of sp³-hybridized carbons (Fsp3) is 0. The highest BCUT2D eigenvalue weighted by Gasteiger charge is 2.16. The van der Waals surface area contributed by atoms with E-state index in [4.69, 9.17) is 23.2 Å². The van der Waals surface area contributed by atoms with Crippen molar-refractivity contribution < 1.29 is 12.8 Å². The first-order chi connectivity index (χ1) is 8.88. The van der Waals surface area contributed by atoms with Crippen molar-refractivity contribution in [2.24, 2.45) is 0 Å². The highest BCUT2D eigenvalue weighted by atomic mass is 35.5. The van der Waals surface area contributed by atoms with Crippen LogP contribution in [-0.4, -0.2) is 13.4 Å². The first-order valence-corrected chi connectivity index (χ1v) is 7.22. The Balaban J connectivity index is 2.33. The van der Waals surface area contributed by atoms with Gasteiger partial charge in [-0.25, -0.2) is 17.8 Å². The molecule has 4 nitrogen and oxygen atoms in total. The van der Waals surface area contributed by atoms with Crippen LogP contribution in [0.25, 0.3) is 0 Å². The molecule has 8 heteroatoms. The summed E-state index contributed by atoms with van der Waals surface area (Å²) in [6.45, 7) is 0. The molecule has 1 aromatic heterocycles. The van der Waals surface area contributed by atoms with Crippen molar-refractivity contribution >= 4 is 38.9 Å². The van der Waals surface area contributed by atoms with Crippen molar-refractivity contribution in [3.05, 3.63) is 52.5 Å². The molecule has 0 spiro atoms. The first kappa shape index (κ1) is 14.0. The monoisotopic (exact) mass is 320 g/mol. The summed E-state index contributed by atoms with van der Waals surface area (Å²) in [5, 5.41) is 0.143. The zero-order valence-corrected chi connectivity index (χ0v) is 11.6. The molecule has 0 saturated carbocycles. The topological polar surface area (TPSA) is 59.1 Å². The summed E-state index contributed by atoms with van der Waals surface area (Å²) in [4.78, 5) is 3.60. The molecule has 100 valence electrons. The van der Waals surface area contributed by atoms with Gasteiger partial charge in [0.2, 0.25) is 0 Å². The van der Waals surface area contributed by atoms with E-state index in [0.29, 0.717) is 0 Å². The zero-order valence-electron chi connectivity index (χ0n) is 9.27. The van der Waals surface area contributed by atoms with Gasteiger partial charge in [0, 0.05) is 6.20 Å². The van der Waals surface area contributed by atoms with E-state index >= 15 is 0 Å². The second-order valence-electron chi connectivity index (χ2n) is 3.55. The highest BCUT2D eigenvalue weighted by molar-refractivity contribution is 7.92. The molecule has 0 saturated heterocycles. The van der Waals surface area contributed by atoms with E-state index in [9.17, 15) is 12.8 Å². The maximum absolute atomic E-state index is 12.9. The Morgan fingerprint density at radius 2 is 1.89 bits per heavy atom. The molecule has 0 bridgehead atoms. The number of aromatic nitrogens is 1. The van der Waals surface area contributed by atoms with Crippen LogP contribution in [0.15, 0.2) is 41.4 Å². The van der Waals surface area contributed by atoms with E-state index < -0.39 is 15.8 Å². The van der Waals surface area contributed by atoms with Gasteiger partial charge in [0.05, 0.1) is 10.7 Å². The first-order valence-electron chi connectivity index (χ1n) is 4.98. The Kier molecular flexibility index (Phi) is 3.93. The van der Waals surface area contributed by atoms with Crippen LogP contribution in [0, 0.1) is 5.82 Å². The number of sulfonamides is 1. The number of nitrogens with zero attached hydrogens (tertiary/aromatic N) is 1. The SMILES string of the molecule is O=S(=O)(Nc1ccc(F)cc1Cl)c1ccc(Cl)nc1. The van der Waals surface area contributed by atoms with Crippen LogP contribution in [-0.2, 0) is 10.0 Å². The molecule has 1 N–H and O–H groups in total. The largest absolute Gasteiger partial charge is 0.278 e. The Labute approximate surface area is 119 Å². The molecule has 0 radical (unpaired) electrons. The van der Waals surface area contributed by atoms with Crippen molar-refractivity contribution in [1.82, 2.24) is 4.98 Å². The van der Waals surface area contributed by atoms with Crippen molar-refractivity contribution in [3.63, 3.8) is 0 Å². The number of hydrogen-bond donors (Lipinski definition) is 1. The summed E-state index contributed by atoms with van der Waals surface area (Å²) >= 11 is 11.3. The predicted molar refractivity (Wildman–Crippen MR) is 71.5 cm³/mol. The molecule has 0 aliphatic heterocycles. The standard InChI is InChI=1S/C11H7Cl2FN2O2S/c12-9-5-7(14)1-3-10(9)16-19(17,18)8-2-4-11(13)15-6-8/h1-6,16H. The zero-order chi connectivity index (χ0) is 14.0. The molecule has 19 heavy (non-hydrogen) atoms. The molecular formula is C11H7Cl2FN2O2S. The number of rotatable bonds is 3. The third kappa shape index (κ3) is 3.34. The number of anilines is 1. The fourth-order valence-corrected chi connectivity index (χ4v) is 2.70. The molecule has 0 fully saturated rings. The number of benzene rings is 1. The summed E-state index contributed by atoms with van der Waals surface area (Å²) in [6, 6.07) is 6.00. The Morgan fingerprint density at radius 3 is 2.47 bits per heavy atom. The van der Waals surface area contributed by atoms with Gasteiger partial charge in [0.1, 0.15) is 15.9 Å². The predicted octanol–water partition coefficient (Wildman–Crippen LogP) is 3.33. The average Bonchev–Trinajstić information content (AvgIpc) is 2.33. The molecule has 1 aromatic carbocycles. The molecular weight excluding hydrogens is 314 g/mol. The van der Waals surface area contributed by atoms with Crippen LogP contribution in [0.4, 0.5) is 10.1 Å². The Bertz CT molecular complexity index is 705. The van der Waals surface area contributed by atoms with Crippen LogP contribution in [0.2, 0.25) is 10.2 Å². The lowest BCUT2D eigenvalue weighted by atomic mass is 10.3. The van der Waals surface area contributed by atoms with Gasteiger partial charge >= 0.3 is 0 Å². The van der Waals surface area contributed by atoms with E-state index in [2.05, 4.69) is 9.71 Å². The van der Waals surface area contributed by atoms with Gasteiger partial charge in [-0.1, -0.05) is 23.2 Å². The van der Waals surface area contributed by atoms with Gasteiger partial charge in [-0.15, -0.1) is 0 Å². The molecule has 1 heterocycles. The van der Waals surface area contributed by atoms with Crippen molar-refractivity contribution in [2.75, 3.05) is 4.72 Å². The molecule has 2 aromatic rings. The number of halogens is 3. The van der Waals surface area contributed by atoms with E-state index in [1.165, 1.54) is 18.2 Å². The Morgan fingerprint density at radius 1 is 1.16 bits per heavy atom. The third-order valence-corrected chi connectivity index (χ3v) is 4.07. The maximum atomic E-state index is 12.9. The van der Waals surface area contributed by atoms with Crippen molar-refractivity contribution in [2.45, 2.75) is 4.90 Å². The molecule has 0 unspecified atom stereocenters. The molecule has 0 atom stereocenters. The third-order valence-electron chi connectivity index (χ3n) is 2.19. The van der Waals surface area contributed by atoms with Crippen LogP contribution in [0.1, 0.15) is 0 Å². The lowest BCUT2D eigenvalue weighted by Crippen LogP contribution is -2.13. The lowest BCUT2D eigenvalue weighted by Gasteiger charge is -2.09. The summed E-state index contributed by atoms with van der Waals surface area (Å²) in [6.07, 6.45) is 1.11. The molecule has 2 rings (SSSR count). The van der Waals surface area contributed by atoms with Gasteiger partial charge in [-0.2, -0.15) is 0 Å². The Hall–Kier alpha value is -1.37. The van der Waals surface area contributed by atoms with Gasteiger partial charge < -0.3 is 0 Å². The molecule has 0 aliphatic rings. The van der Waals surface area contributed by atoms with Gasteiger partial charge in [-0.05, 0) is 30.3 Å². The quantitative estimate of drug-likeness (QED) is 0.882. The van der Waals surface area contributed by atoms with Crippen LogP contribution in [0.5, 0.6) is 0 Å². The summed E-state index contributed by atoms with van der Waals surface area (Å²) in [5.41, 5.74) is 0.0815. The minimum absolute atomic E-state index is 0.0366. The van der Waals surface area contributed by atoms with Crippen LogP contribution in [0.3, 0.4) is 0 Å². The highest BCUT2D eigenvalue weighted by Crippen LogP contribution is 2.25. The van der Waals surface area contributed by atoms with Crippen LogP contribution < -0.4 is 4.72 Å². The summed E-state index contributed by atoms with van der Waals surface area (Å²) in [7, 11) is -3.84. The maximum Gasteiger partial charge on any atom is 0.263 e. The second-order valence-corrected chi connectivity index (χ2v) is 6.02. The minimum atomic E-state index is -3.84. The summed E-state index contributed by atoms with van der Waals surface area (Å²) in [5.74, 6) is -0.555. The van der Waals surface area contributed by atoms with Crippen molar-refractivity contribution in [3.8, 4) is 0 Å². The normalized spacial score (nSPS) is 11.3. The molecule has 0 amide bonds.